The summed E-state index contributed by atoms with van der Waals surface area (Å²) in [4.78, 5) is 29.6. The molecule has 0 unspecified atom stereocenters. The van der Waals surface area contributed by atoms with Gasteiger partial charge in [0.2, 0.25) is 0 Å². The maximum Gasteiger partial charge on any atom is 0.277 e. The van der Waals surface area contributed by atoms with E-state index in [4.69, 9.17) is 0 Å². The first kappa shape index (κ1) is 14.8. The van der Waals surface area contributed by atoms with Gasteiger partial charge in [-0.25, -0.2) is 4.99 Å². The fraction of sp³-hybridized carbons (Fsp3) is 0.190. The molecule has 0 spiro atoms. The molecule has 2 aliphatic rings. The fourth-order valence-electron chi connectivity index (χ4n) is 3.66. The van der Waals surface area contributed by atoms with E-state index in [1.807, 2.05) is 42.5 Å². The van der Waals surface area contributed by atoms with E-state index >= 15 is 0 Å². The number of rotatable bonds is 2. The number of benzene rings is 2. The monoisotopic (exact) mass is 315 g/mol. The quantitative estimate of drug-likeness (QED) is 0.791. The number of allylic oxidation sites excluding steroid dienone is 2. The van der Waals surface area contributed by atoms with Crippen LogP contribution in [0.1, 0.15) is 28.3 Å². The molecule has 2 aromatic rings. The van der Waals surface area contributed by atoms with Crippen LogP contribution in [0.15, 0.2) is 77.8 Å². The molecule has 1 amide bonds. The molecule has 24 heavy (non-hydrogen) atoms. The Labute approximate surface area is 140 Å². The van der Waals surface area contributed by atoms with Crippen molar-refractivity contribution in [3.8, 4) is 0 Å². The molecule has 4 rings (SSSR count). The summed E-state index contributed by atoms with van der Waals surface area (Å²) in [7, 11) is 0. The Morgan fingerprint density at radius 1 is 0.917 bits per heavy atom. The lowest BCUT2D eigenvalue weighted by atomic mass is 9.73. The first-order chi connectivity index (χ1) is 11.7. The molecular weight excluding hydrogens is 298 g/mol. The number of amides is 1. The van der Waals surface area contributed by atoms with Crippen LogP contribution in [0.4, 0.5) is 0 Å². The Balaban J connectivity index is 1.77. The van der Waals surface area contributed by atoms with E-state index in [-0.39, 0.29) is 29.4 Å². The van der Waals surface area contributed by atoms with Crippen molar-refractivity contribution in [3.05, 3.63) is 83.9 Å². The predicted octanol–water partition coefficient (Wildman–Crippen LogP) is 3.83. The zero-order valence-corrected chi connectivity index (χ0v) is 13.1. The lowest BCUT2D eigenvalue weighted by Gasteiger charge is -2.29. The van der Waals surface area contributed by atoms with Gasteiger partial charge in [-0.05, 0) is 30.0 Å². The Morgan fingerprint density at radius 2 is 1.58 bits per heavy atom. The third kappa shape index (κ3) is 2.52. The Morgan fingerprint density at radius 3 is 2.29 bits per heavy atom. The van der Waals surface area contributed by atoms with Gasteiger partial charge in [0.25, 0.3) is 5.91 Å². The molecule has 0 N–H and O–H groups in total. The zero-order chi connectivity index (χ0) is 16.5. The number of carbonyl (C=O) groups excluding carboxylic acids is 2. The van der Waals surface area contributed by atoms with E-state index < -0.39 is 0 Å². The summed E-state index contributed by atoms with van der Waals surface area (Å²) < 4.78 is 0. The summed E-state index contributed by atoms with van der Waals surface area (Å²) in [5, 5.41) is 0. The second-order valence-electron chi connectivity index (χ2n) is 6.31. The van der Waals surface area contributed by atoms with Crippen LogP contribution in [0.3, 0.4) is 0 Å². The van der Waals surface area contributed by atoms with Crippen LogP contribution in [-0.4, -0.2) is 17.4 Å². The maximum absolute atomic E-state index is 12.8. The van der Waals surface area contributed by atoms with E-state index in [1.165, 1.54) is 0 Å². The first-order valence-corrected chi connectivity index (χ1v) is 8.19. The summed E-state index contributed by atoms with van der Waals surface area (Å²) in [6, 6.07) is 18.8. The number of hydrogen-bond donors (Lipinski definition) is 0. The normalized spacial score (nSPS) is 26.8. The van der Waals surface area contributed by atoms with E-state index in [9.17, 15) is 9.59 Å². The standard InChI is InChI=1S/C21H17NO2/c23-20-17-12-11-16(13-17)18(14-7-3-1-4-8-14)19(20)22-21(24)15-9-5-2-6-10-15/h1-12,16-18H,13H2/t16-,17+,18-/m1/s1. The van der Waals surface area contributed by atoms with Crippen LogP contribution in [0, 0.1) is 11.8 Å². The molecule has 0 aliphatic heterocycles. The maximum atomic E-state index is 12.8. The Hall–Kier alpha value is -2.81. The Bertz CT molecular complexity index is 837. The molecule has 2 bridgehead atoms. The molecule has 118 valence electrons. The van der Waals surface area contributed by atoms with Gasteiger partial charge in [-0.1, -0.05) is 60.7 Å². The average molecular weight is 315 g/mol. The van der Waals surface area contributed by atoms with Gasteiger partial charge in [0.15, 0.2) is 5.78 Å². The van der Waals surface area contributed by atoms with Crippen molar-refractivity contribution in [2.45, 2.75) is 12.3 Å². The first-order valence-electron chi connectivity index (χ1n) is 8.19. The van der Waals surface area contributed by atoms with Crippen LogP contribution < -0.4 is 0 Å². The molecule has 0 heterocycles. The largest absolute Gasteiger partial charge is 0.292 e. The molecule has 1 fully saturated rings. The number of Topliss-reactive ketones (excluding diaryl/α,β-unsaturated/α-hetero) is 1. The molecular formula is C21H17NO2. The van der Waals surface area contributed by atoms with Crippen LogP contribution in [0.25, 0.3) is 0 Å². The lowest BCUT2D eigenvalue weighted by Crippen LogP contribution is -2.36. The van der Waals surface area contributed by atoms with Gasteiger partial charge < -0.3 is 0 Å². The van der Waals surface area contributed by atoms with Crippen molar-refractivity contribution in [2.24, 2.45) is 16.8 Å². The van der Waals surface area contributed by atoms with Gasteiger partial charge in [0.1, 0.15) is 0 Å². The smallest absolute Gasteiger partial charge is 0.277 e. The number of carbonyl (C=O) groups is 2. The van der Waals surface area contributed by atoms with E-state index in [0.29, 0.717) is 11.3 Å². The highest BCUT2D eigenvalue weighted by Crippen LogP contribution is 2.42. The minimum absolute atomic E-state index is 0.0156. The van der Waals surface area contributed by atoms with Crippen LogP contribution >= 0.6 is 0 Å². The van der Waals surface area contributed by atoms with Crippen molar-refractivity contribution < 1.29 is 9.59 Å². The second kappa shape index (κ2) is 6.00. The number of fused-ring (bicyclic) bond motifs is 2. The van der Waals surface area contributed by atoms with Crippen LogP contribution in [0.5, 0.6) is 0 Å². The summed E-state index contributed by atoms with van der Waals surface area (Å²) >= 11 is 0. The van der Waals surface area contributed by atoms with Crippen molar-refractivity contribution >= 4 is 17.4 Å². The van der Waals surface area contributed by atoms with Gasteiger partial charge in [-0.3, -0.25) is 9.59 Å². The molecule has 1 saturated carbocycles. The number of hydrogen-bond acceptors (Lipinski definition) is 2. The third-order valence-corrected chi connectivity index (χ3v) is 4.83. The fourth-order valence-corrected chi connectivity index (χ4v) is 3.66. The molecule has 2 aromatic carbocycles. The van der Waals surface area contributed by atoms with Gasteiger partial charge in [-0.2, -0.15) is 0 Å². The SMILES string of the molecule is O=C(N=C1C(=O)[C@H]2C=C[C@H](C2)[C@H]1c1ccccc1)c1ccccc1. The predicted molar refractivity (Wildman–Crippen MR) is 93.1 cm³/mol. The zero-order valence-electron chi connectivity index (χ0n) is 13.1. The second-order valence-corrected chi connectivity index (χ2v) is 6.31. The number of aliphatic imine (C=N–C) groups is 1. The van der Waals surface area contributed by atoms with E-state index in [0.717, 1.165) is 12.0 Å². The molecule has 3 atom stereocenters. The highest BCUT2D eigenvalue weighted by molar-refractivity contribution is 6.45. The highest BCUT2D eigenvalue weighted by Gasteiger charge is 2.43. The molecule has 0 saturated heterocycles. The summed E-state index contributed by atoms with van der Waals surface area (Å²) in [6.07, 6.45) is 4.89. The summed E-state index contributed by atoms with van der Waals surface area (Å²) in [5.41, 5.74) is 1.96. The minimum Gasteiger partial charge on any atom is -0.292 e. The average Bonchev–Trinajstić information content (AvgIpc) is 3.07. The minimum atomic E-state index is -0.346. The van der Waals surface area contributed by atoms with Crippen molar-refractivity contribution in [1.29, 1.82) is 0 Å². The van der Waals surface area contributed by atoms with Crippen molar-refractivity contribution in [3.63, 3.8) is 0 Å². The molecule has 0 radical (unpaired) electrons. The Kier molecular flexibility index (Phi) is 3.69. The molecule has 3 nitrogen and oxygen atoms in total. The highest BCUT2D eigenvalue weighted by atomic mass is 16.2. The summed E-state index contributed by atoms with van der Waals surface area (Å²) in [6.45, 7) is 0. The summed E-state index contributed by atoms with van der Waals surface area (Å²) in [5.74, 6) is -0.393. The van der Waals surface area contributed by atoms with Gasteiger partial charge in [0.05, 0.1) is 5.71 Å². The van der Waals surface area contributed by atoms with E-state index in [2.05, 4.69) is 11.1 Å². The van der Waals surface area contributed by atoms with Crippen LogP contribution in [-0.2, 0) is 4.79 Å². The number of ketones is 1. The number of nitrogens with zero attached hydrogens (tertiary/aromatic N) is 1. The van der Waals surface area contributed by atoms with Crippen molar-refractivity contribution in [2.75, 3.05) is 0 Å². The van der Waals surface area contributed by atoms with Crippen LogP contribution in [0.2, 0.25) is 0 Å². The molecule has 3 heteroatoms. The van der Waals surface area contributed by atoms with Gasteiger partial charge >= 0.3 is 0 Å². The lowest BCUT2D eigenvalue weighted by molar-refractivity contribution is -0.116. The van der Waals surface area contributed by atoms with E-state index in [1.54, 1.807) is 24.3 Å². The van der Waals surface area contributed by atoms with Gasteiger partial charge in [0, 0.05) is 17.4 Å². The molecule has 2 aliphatic carbocycles. The molecule has 0 aromatic heterocycles. The van der Waals surface area contributed by atoms with Gasteiger partial charge in [-0.15, -0.1) is 0 Å². The van der Waals surface area contributed by atoms with Crippen molar-refractivity contribution in [1.82, 2.24) is 0 Å². The third-order valence-electron chi connectivity index (χ3n) is 4.83. The topological polar surface area (TPSA) is 46.5 Å².